The van der Waals surface area contributed by atoms with Gasteiger partial charge in [0.2, 0.25) is 0 Å². The SMILES string of the molecule is CCC(Br)CCCc1ccc(OC)c(Br)c1. The molecule has 0 spiro atoms. The van der Waals surface area contributed by atoms with Gasteiger partial charge < -0.3 is 4.74 Å². The maximum Gasteiger partial charge on any atom is 0.133 e. The molecule has 1 atom stereocenters. The van der Waals surface area contributed by atoms with Gasteiger partial charge in [-0.3, -0.25) is 0 Å². The Hall–Kier alpha value is -0.0200. The molecule has 3 heteroatoms. The largest absolute Gasteiger partial charge is 0.496 e. The zero-order valence-electron chi connectivity index (χ0n) is 9.80. The van der Waals surface area contributed by atoms with Crippen molar-refractivity contribution < 1.29 is 4.74 Å². The average molecular weight is 350 g/mol. The van der Waals surface area contributed by atoms with Crippen molar-refractivity contribution in [2.45, 2.75) is 37.4 Å². The van der Waals surface area contributed by atoms with Gasteiger partial charge in [0.05, 0.1) is 11.6 Å². The molecule has 0 bridgehead atoms. The minimum atomic E-state index is 0.661. The first kappa shape index (κ1) is 14.0. The lowest BCUT2D eigenvalue weighted by molar-refractivity contribution is 0.412. The number of halogens is 2. The second-order valence-electron chi connectivity index (χ2n) is 3.87. The van der Waals surface area contributed by atoms with Crippen LogP contribution in [0.5, 0.6) is 5.75 Å². The molecule has 1 aromatic carbocycles. The number of hydrogen-bond acceptors (Lipinski definition) is 1. The number of hydrogen-bond donors (Lipinski definition) is 0. The van der Waals surface area contributed by atoms with Crippen LogP contribution in [0.2, 0.25) is 0 Å². The molecule has 1 nitrogen and oxygen atoms in total. The van der Waals surface area contributed by atoms with Gasteiger partial charge in [-0.25, -0.2) is 0 Å². The van der Waals surface area contributed by atoms with Crippen LogP contribution in [0.25, 0.3) is 0 Å². The summed E-state index contributed by atoms with van der Waals surface area (Å²) in [6.07, 6.45) is 4.79. The predicted molar refractivity (Wildman–Crippen MR) is 76.6 cm³/mol. The molecule has 90 valence electrons. The maximum atomic E-state index is 5.21. The third kappa shape index (κ3) is 4.46. The van der Waals surface area contributed by atoms with Crippen LogP contribution in [0.3, 0.4) is 0 Å². The van der Waals surface area contributed by atoms with E-state index in [0.29, 0.717) is 4.83 Å². The summed E-state index contributed by atoms with van der Waals surface area (Å²) < 4.78 is 6.25. The molecule has 0 radical (unpaired) electrons. The standard InChI is InChI=1S/C13H18Br2O/c1-3-11(14)6-4-5-10-7-8-13(16-2)12(15)9-10/h7-9,11H,3-6H2,1-2H3. The van der Waals surface area contributed by atoms with E-state index in [-0.39, 0.29) is 0 Å². The Kier molecular flexibility index (Phi) is 6.44. The minimum Gasteiger partial charge on any atom is -0.496 e. The van der Waals surface area contributed by atoms with Gasteiger partial charge >= 0.3 is 0 Å². The average Bonchev–Trinajstić information content (AvgIpc) is 2.29. The highest BCUT2D eigenvalue weighted by Crippen LogP contribution is 2.26. The first-order chi connectivity index (χ1) is 7.67. The molecular weight excluding hydrogens is 332 g/mol. The lowest BCUT2D eigenvalue weighted by atomic mass is 10.1. The molecular formula is C13H18Br2O. The van der Waals surface area contributed by atoms with E-state index in [2.05, 4.69) is 50.9 Å². The Morgan fingerprint density at radius 2 is 2.12 bits per heavy atom. The van der Waals surface area contributed by atoms with Crippen LogP contribution in [0.1, 0.15) is 31.7 Å². The van der Waals surface area contributed by atoms with Gasteiger partial charge in [-0.05, 0) is 59.3 Å². The van der Waals surface area contributed by atoms with Crippen molar-refractivity contribution in [2.24, 2.45) is 0 Å². The fourth-order valence-electron chi connectivity index (χ4n) is 1.60. The van der Waals surface area contributed by atoms with E-state index in [0.717, 1.165) is 16.6 Å². The van der Waals surface area contributed by atoms with Gasteiger partial charge in [0, 0.05) is 4.83 Å². The summed E-state index contributed by atoms with van der Waals surface area (Å²) in [6, 6.07) is 6.30. The van der Waals surface area contributed by atoms with Crippen molar-refractivity contribution in [1.29, 1.82) is 0 Å². The quantitative estimate of drug-likeness (QED) is 0.660. The van der Waals surface area contributed by atoms with E-state index < -0.39 is 0 Å². The molecule has 0 aliphatic rings. The van der Waals surface area contributed by atoms with Crippen LogP contribution in [0.15, 0.2) is 22.7 Å². The third-order valence-corrected chi connectivity index (χ3v) is 4.37. The second-order valence-corrected chi connectivity index (χ2v) is 6.02. The second kappa shape index (κ2) is 7.33. The normalized spacial score (nSPS) is 12.5. The Labute approximate surface area is 115 Å². The van der Waals surface area contributed by atoms with E-state index in [1.807, 2.05) is 6.07 Å². The van der Waals surface area contributed by atoms with Crippen molar-refractivity contribution in [3.05, 3.63) is 28.2 Å². The van der Waals surface area contributed by atoms with E-state index in [1.165, 1.54) is 24.8 Å². The number of benzene rings is 1. The minimum absolute atomic E-state index is 0.661. The van der Waals surface area contributed by atoms with Gasteiger partial charge in [-0.2, -0.15) is 0 Å². The predicted octanol–water partition coefficient (Wildman–Crippen LogP) is 4.95. The van der Waals surface area contributed by atoms with Gasteiger partial charge in [0.25, 0.3) is 0 Å². The molecule has 0 amide bonds. The topological polar surface area (TPSA) is 9.23 Å². The van der Waals surface area contributed by atoms with Crippen molar-refractivity contribution in [1.82, 2.24) is 0 Å². The Morgan fingerprint density at radius 1 is 1.38 bits per heavy atom. The highest BCUT2D eigenvalue weighted by Gasteiger charge is 2.03. The number of alkyl halides is 1. The third-order valence-electron chi connectivity index (χ3n) is 2.64. The molecule has 0 saturated heterocycles. The number of methoxy groups -OCH3 is 1. The molecule has 1 unspecified atom stereocenters. The van der Waals surface area contributed by atoms with Crippen molar-refractivity contribution in [2.75, 3.05) is 7.11 Å². The molecule has 0 aromatic heterocycles. The Bertz CT molecular complexity index is 326. The lowest BCUT2D eigenvalue weighted by Gasteiger charge is -2.08. The summed E-state index contributed by atoms with van der Waals surface area (Å²) in [5.74, 6) is 0.899. The highest BCUT2D eigenvalue weighted by molar-refractivity contribution is 9.10. The summed E-state index contributed by atoms with van der Waals surface area (Å²) in [5.41, 5.74) is 1.36. The van der Waals surface area contributed by atoms with Gasteiger partial charge in [-0.15, -0.1) is 0 Å². The van der Waals surface area contributed by atoms with Gasteiger partial charge in [0.15, 0.2) is 0 Å². The molecule has 0 heterocycles. The summed E-state index contributed by atoms with van der Waals surface area (Å²) in [5, 5.41) is 0. The fraction of sp³-hybridized carbons (Fsp3) is 0.538. The molecule has 0 N–H and O–H groups in total. The molecule has 0 fully saturated rings. The van der Waals surface area contributed by atoms with E-state index >= 15 is 0 Å². The number of ether oxygens (including phenoxy) is 1. The molecule has 0 aliphatic carbocycles. The van der Waals surface area contributed by atoms with Crippen LogP contribution < -0.4 is 4.74 Å². The zero-order valence-corrected chi connectivity index (χ0v) is 13.0. The van der Waals surface area contributed by atoms with Crippen LogP contribution in [-0.2, 0) is 6.42 Å². The highest BCUT2D eigenvalue weighted by atomic mass is 79.9. The van der Waals surface area contributed by atoms with Crippen LogP contribution in [-0.4, -0.2) is 11.9 Å². The first-order valence-corrected chi connectivity index (χ1v) is 7.34. The van der Waals surface area contributed by atoms with Crippen molar-refractivity contribution in [3.63, 3.8) is 0 Å². The summed E-state index contributed by atoms with van der Waals surface area (Å²) >= 11 is 7.17. The summed E-state index contributed by atoms with van der Waals surface area (Å²) in [6.45, 7) is 2.21. The van der Waals surface area contributed by atoms with Gasteiger partial charge in [-0.1, -0.05) is 28.9 Å². The van der Waals surface area contributed by atoms with Crippen LogP contribution in [0, 0.1) is 0 Å². The monoisotopic (exact) mass is 348 g/mol. The summed E-state index contributed by atoms with van der Waals surface area (Å²) in [7, 11) is 1.69. The Morgan fingerprint density at radius 3 is 2.69 bits per heavy atom. The van der Waals surface area contributed by atoms with E-state index in [9.17, 15) is 0 Å². The lowest BCUT2D eigenvalue weighted by Crippen LogP contribution is -1.96. The Balaban J connectivity index is 2.46. The molecule has 16 heavy (non-hydrogen) atoms. The maximum absolute atomic E-state index is 5.21. The zero-order chi connectivity index (χ0) is 12.0. The van der Waals surface area contributed by atoms with Gasteiger partial charge in [0.1, 0.15) is 5.75 Å². The summed E-state index contributed by atoms with van der Waals surface area (Å²) in [4.78, 5) is 0.661. The molecule has 0 saturated carbocycles. The number of aryl methyl sites for hydroxylation is 1. The van der Waals surface area contributed by atoms with E-state index in [4.69, 9.17) is 4.74 Å². The molecule has 1 aromatic rings. The fourth-order valence-corrected chi connectivity index (χ4v) is 2.51. The van der Waals surface area contributed by atoms with Crippen molar-refractivity contribution in [3.8, 4) is 5.75 Å². The smallest absolute Gasteiger partial charge is 0.133 e. The number of rotatable bonds is 6. The van der Waals surface area contributed by atoms with Crippen LogP contribution >= 0.6 is 31.9 Å². The molecule has 1 rings (SSSR count). The van der Waals surface area contributed by atoms with Crippen LogP contribution in [0.4, 0.5) is 0 Å². The van der Waals surface area contributed by atoms with Crippen molar-refractivity contribution >= 4 is 31.9 Å². The first-order valence-electron chi connectivity index (χ1n) is 5.63. The van der Waals surface area contributed by atoms with E-state index in [1.54, 1.807) is 7.11 Å². The molecule has 0 aliphatic heterocycles.